The van der Waals surface area contributed by atoms with Crippen LogP contribution >= 0.6 is 11.8 Å². The fraction of sp³-hybridized carbons (Fsp3) is 0.435. The molecule has 3 rings (SSSR count). The standard InChI is InChI=1S/C23H26N2O2S/c1-4-16-12-21-18(9-10-23(5-2,6-3)28-21)11-17(16)7-8-19-14-25-20(15-24-19)13-22(26)27/h11-12,14-15H,4-6,9-10,13H2,1-3H3,(H,26,27)/p-1. The van der Waals surface area contributed by atoms with E-state index in [0.717, 1.165) is 18.4 Å². The van der Waals surface area contributed by atoms with Crippen LogP contribution in [-0.4, -0.2) is 20.7 Å². The molecule has 0 N–H and O–H groups in total. The number of aromatic nitrogens is 2. The molecular weight excluding hydrogens is 368 g/mol. The van der Waals surface area contributed by atoms with Gasteiger partial charge in [0.05, 0.1) is 18.1 Å². The van der Waals surface area contributed by atoms with Crippen molar-refractivity contribution in [3.63, 3.8) is 0 Å². The maximum absolute atomic E-state index is 10.6. The van der Waals surface area contributed by atoms with Crippen LogP contribution < -0.4 is 5.11 Å². The summed E-state index contributed by atoms with van der Waals surface area (Å²) >= 11 is 2.04. The van der Waals surface area contributed by atoms with E-state index in [9.17, 15) is 9.90 Å². The van der Waals surface area contributed by atoms with Gasteiger partial charge in [-0.15, -0.1) is 11.8 Å². The lowest BCUT2D eigenvalue weighted by Gasteiger charge is -2.36. The molecule has 0 fully saturated rings. The molecule has 146 valence electrons. The molecule has 2 aromatic rings. The first kappa shape index (κ1) is 20.4. The third kappa shape index (κ3) is 4.56. The van der Waals surface area contributed by atoms with Crippen molar-refractivity contribution in [3.8, 4) is 11.8 Å². The third-order valence-electron chi connectivity index (χ3n) is 5.49. The number of carboxylic acids is 1. The summed E-state index contributed by atoms with van der Waals surface area (Å²) < 4.78 is 0.369. The van der Waals surface area contributed by atoms with Crippen LogP contribution in [-0.2, 0) is 24.1 Å². The Labute approximate surface area is 171 Å². The first-order valence-corrected chi connectivity index (χ1v) is 10.7. The zero-order chi connectivity index (χ0) is 20.1. The highest BCUT2D eigenvalue weighted by Gasteiger charge is 2.32. The minimum Gasteiger partial charge on any atom is -0.550 e. The van der Waals surface area contributed by atoms with Gasteiger partial charge in [-0.25, -0.2) is 4.98 Å². The predicted molar refractivity (Wildman–Crippen MR) is 110 cm³/mol. The molecule has 28 heavy (non-hydrogen) atoms. The van der Waals surface area contributed by atoms with Gasteiger partial charge in [-0.2, -0.15) is 0 Å². The molecule has 5 heteroatoms. The second-order valence-corrected chi connectivity index (χ2v) is 8.66. The number of benzene rings is 1. The van der Waals surface area contributed by atoms with Crippen LogP contribution in [0.2, 0.25) is 0 Å². The fourth-order valence-corrected chi connectivity index (χ4v) is 5.00. The van der Waals surface area contributed by atoms with Gasteiger partial charge in [0.15, 0.2) is 0 Å². The van der Waals surface area contributed by atoms with Crippen molar-refractivity contribution in [3.05, 3.63) is 52.6 Å². The Balaban J connectivity index is 1.86. The van der Waals surface area contributed by atoms with E-state index in [-0.39, 0.29) is 6.42 Å². The SMILES string of the molecule is CCc1cc2c(cc1C#Cc1cnc(CC(=O)[O-])cn1)CCC(CC)(CC)S2. The van der Waals surface area contributed by atoms with Gasteiger partial charge in [-0.05, 0) is 61.3 Å². The highest BCUT2D eigenvalue weighted by Crippen LogP contribution is 2.47. The van der Waals surface area contributed by atoms with E-state index in [2.05, 4.69) is 54.7 Å². The molecule has 0 amide bonds. The summed E-state index contributed by atoms with van der Waals surface area (Å²) in [5, 5.41) is 10.6. The lowest BCUT2D eigenvalue weighted by molar-refractivity contribution is -0.304. The van der Waals surface area contributed by atoms with Crippen molar-refractivity contribution in [1.29, 1.82) is 0 Å². The average Bonchev–Trinajstić information content (AvgIpc) is 2.71. The molecule has 0 atom stereocenters. The second-order valence-electron chi connectivity index (χ2n) is 7.15. The lowest BCUT2D eigenvalue weighted by Crippen LogP contribution is -2.27. The van der Waals surface area contributed by atoms with Gasteiger partial charge < -0.3 is 9.90 Å². The van der Waals surface area contributed by atoms with Gasteiger partial charge in [0, 0.05) is 27.6 Å². The van der Waals surface area contributed by atoms with Crippen molar-refractivity contribution in [2.45, 2.75) is 68.9 Å². The number of carbonyl (C=O) groups excluding carboxylic acids is 1. The molecule has 0 saturated heterocycles. The number of nitrogens with zero attached hydrogens (tertiary/aromatic N) is 2. The molecule has 0 aliphatic carbocycles. The molecule has 2 heterocycles. The Hall–Kier alpha value is -2.32. The molecule has 0 unspecified atom stereocenters. The summed E-state index contributed by atoms with van der Waals surface area (Å²) in [7, 11) is 0. The normalized spacial score (nSPS) is 14.7. The van der Waals surface area contributed by atoms with Crippen LogP contribution in [0, 0.1) is 11.8 Å². The monoisotopic (exact) mass is 393 g/mol. The van der Waals surface area contributed by atoms with E-state index in [1.54, 1.807) is 0 Å². The molecule has 0 radical (unpaired) electrons. The van der Waals surface area contributed by atoms with E-state index >= 15 is 0 Å². The predicted octanol–water partition coefficient (Wildman–Crippen LogP) is 3.33. The smallest absolute Gasteiger partial charge is 0.131 e. The molecule has 0 bridgehead atoms. The zero-order valence-corrected chi connectivity index (χ0v) is 17.5. The maximum Gasteiger partial charge on any atom is 0.131 e. The number of aliphatic carboxylic acids is 1. The van der Waals surface area contributed by atoms with Gasteiger partial charge >= 0.3 is 0 Å². The first-order valence-electron chi connectivity index (χ1n) is 9.86. The van der Waals surface area contributed by atoms with Crippen molar-refractivity contribution in [1.82, 2.24) is 9.97 Å². The van der Waals surface area contributed by atoms with Gasteiger partial charge in [0.2, 0.25) is 0 Å². The maximum atomic E-state index is 10.6. The van der Waals surface area contributed by atoms with Crippen LogP contribution in [0.15, 0.2) is 29.4 Å². The number of carbonyl (C=O) groups is 1. The van der Waals surface area contributed by atoms with Crippen molar-refractivity contribution in [2.24, 2.45) is 0 Å². The summed E-state index contributed by atoms with van der Waals surface area (Å²) in [5.41, 5.74) is 4.60. The van der Waals surface area contributed by atoms with Gasteiger partial charge in [-0.1, -0.05) is 26.7 Å². The molecule has 4 nitrogen and oxygen atoms in total. The van der Waals surface area contributed by atoms with Crippen molar-refractivity contribution in [2.75, 3.05) is 0 Å². The van der Waals surface area contributed by atoms with E-state index in [4.69, 9.17) is 0 Å². The topological polar surface area (TPSA) is 65.9 Å². The van der Waals surface area contributed by atoms with E-state index < -0.39 is 5.97 Å². The molecule has 1 aromatic carbocycles. The van der Waals surface area contributed by atoms with Crippen LogP contribution in [0.4, 0.5) is 0 Å². The van der Waals surface area contributed by atoms with Crippen LogP contribution in [0.5, 0.6) is 0 Å². The Kier molecular flexibility index (Phi) is 6.41. The number of aryl methyl sites for hydroxylation is 2. The molecule has 1 aromatic heterocycles. The van der Waals surface area contributed by atoms with E-state index in [0.29, 0.717) is 16.1 Å². The number of hydrogen-bond donors (Lipinski definition) is 0. The quantitative estimate of drug-likeness (QED) is 0.729. The first-order chi connectivity index (χ1) is 13.5. The number of hydrogen-bond acceptors (Lipinski definition) is 5. The zero-order valence-electron chi connectivity index (χ0n) is 16.7. The average molecular weight is 394 g/mol. The molecular formula is C23H25N2O2S-. The van der Waals surface area contributed by atoms with Crippen LogP contribution in [0.1, 0.15) is 68.1 Å². The minimum atomic E-state index is -1.16. The number of fused-ring (bicyclic) bond motifs is 1. The highest BCUT2D eigenvalue weighted by atomic mass is 32.2. The van der Waals surface area contributed by atoms with Crippen molar-refractivity contribution < 1.29 is 9.90 Å². The molecule has 1 aliphatic heterocycles. The second kappa shape index (κ2) is 8.79. The largest absolute Gasteiger partial charge is 0.550 e. The third-order valence-corrected chi connectivity index (χ3v) is 7.30. The fourth-order valence-electron chi connectivity index (χ4n) is 3.55. The van der Waals surface area contributed by atoms with Crippen LogP contribution in [0.25, 0.3) is 0 Å². The number of rotatable bonds is 5. The van der Waals surface area contributed by atoms with Crippen LogP contribution in [0.3, 0.4) is 0 Å². The summed E-state index contributed by atoms with van der Waals surface area (Å²) in [4.78, 5) is 20.3. The van der Waals surface area contributed by atoms with E-state index in [1.165, 1.54) is 47.7 Å². The van der Waals surface area contributed by atoms with Crippen molar-refractivity contribution >= 4 is 17.7 Å². The van der Waals surface area contributed by atoms with Gasteiger partial charge in [0.1, 0.15) is 5.69 Å². The summed E-state index contributed by atoms with van der Waals surface area (Å²) in [5.74, 6) is 5.15. The lowest BCUT2D eigenvalue weighted by atomic mass is 9.91. The Bertz CT molecular complexity index is 922. The Morgan fingerprint density at radius 2 is 1.96 bits per heavy atom. The highest BCUT2D eigenvalue weighted by molar-refractivity contribution is 8.00. The summed E-state index contributed by atoms with van der Waals surface area (Å²) in [6, 6.07) is 4.55. The molecule has 0 spiro atoms. The minimum absolute atomic E-state index is 0.236. The number of carboxylic acid groups (broad SMARTS) is 1. The molecule has 1 aliphatic rings. The Morgan fingerprint density at radius 3 is 2.57 bits per heavy atom. The summed E-state index contributed by atoms with van der Waals surface area (Å²) in [6.07, 6.45) is 8.36. The van der Waals surface area contributed by atoms with E-state index in [1.807, 2.05) is 11.8 Å². The molecule has 0 saturated carbocycles. The number of thioether (sulfide) groups is 1. The van der Waals surface area contributed by atoms with Gasteiger partial charge in [0.25, 0.3) is 0 Å². The summed E-state index contributed by atoms with van der Waals surface area (Å²) in [6.45, 7) is 6.74. The Morgan fingerprint density at radius 1 is 1.18 bits per heavy atom. The van der Waals surface area contributed by atoms with Gasteiger partial charge in [-0.3, -0.25) is 4.98 Å².